The monoisotopic (exact) mass is 403 g/mol. The zero-order valence-electron chi connectivity index (χ0n) is 18.5. The second-order valence-electron chi connectivity index (χ2n) is 8.25. The first kappa shape index (κ1) is 22.8. The van der Waals surface area contributed by atoms with Crippen LogP contribution in [0.4, 0.5) is 0 Å². The Kier molecular flexibility index (Phi) is 7.70. The molecule has 1 amide bonds. The summed E-state index contributed by atoms with van der Waals surface area (Å²) in [6, 6.07) is 0.176. The summed E-state index contributed by atoms with van der Waals surface area (Å²) in [4.78, 5) is 40.9. The van der Waals surface area contributed by atoms with Gasteiger partial charge in [-0.3, -0.25) is 14.2 Å². The molecule has 0 bridgehead atoms. The van der Waals surface area contributed by atoms with Crippen LogP contribution in [-0.4, -0.2) is 56.3 Å². The molecule has 0 spiro atoms. The van der Waals surface area contributed by atoms with Crippen molar-refractivity contribution in [3.05, 3.63) is 12.0 Å². The van der Waals surface area contributed by atoms with Crippen molar-refractivity contribution in [2.75, 3.05) is 20.2 Å². The number of ketones is 1. The molecule has 0 saturated heterocycles. The molecule has 0 aromatic carbocycles. The van der Waals surface area contributed by atoms with E-state index >= 15 is 0 Å². The summed E-state index contributed by atoms with van der Waals surface area (Å²) >= 11 is 0. The average molecular weight is 404 g/mol. The van der Waals surface area contributed by atoms with Gasteiger partial charge in [0.1, 0.15) is 12.1 Å². The van der Waals surface area contributed by atoms with Gasteiger partial charge in [-0.15, -0.1) is 0 Å². The zero-order valence-corrected chi connectivity index (χ0v) is 18.5. The Hall–Kier alpha value is -2.51. The molecule has 8 heteroatoms. The molecular formula is C21H33N5O3. The van der Waals surface area contributed by atoms with Crippen LogP contribution in [0.5, 0.6) is 6.01 Å². The first-order valence-electron chi connectivity index (χ1n) is 10.3. The van der Waals surface area contributed by atoms with Gasteiger partial charge in [0, 0.05) is 18.5 Å². The van der Waals surface area contributed by atoms with Crippen molar-refractivity contribution in [1.82, 2.24) is 24.4 Å². The lowest BCUT2D eigenvalue weighted by Gasteiger charge is -2.23. The fourth-order valence-corrected chi connectivity index (χ4v) is 2.95. The summed E-state index contributed by atoms with van der Waals surface area (Å²) in [5.74, 6) is 0.0528. The third-order valence-corrected chi connectivity index (χ3v) is 4.74. The van der Waals surface area contributed by atoms with E-state index in [1.807, 2.05) is 25.7 Å². The van der Waals surface area contributed by atoms with Gasteiger partial charge in [0.15, 0.2) is 11.5 Å². The Bertz CT molecular complexity index is 846. The summed E-state index contributed by atoms with van der Waals surface area (Å²) in [7, 11) is 1.48. The van der Waals surface area contributed by atoms with Crippen molar-refractivity contribution in [1.29, 1.82) is 0 Å². The van der Waals surface area contributed by atoms with E-state index in [0.29, 0.717) is 24.3 Å². The van der Waals surface area contributed by atoms with Crippen molar-refractivity contribution in [3.8, 4) is 6.01 Å². The maximum atomic E-state index is 13.1. The number of Topliss-reactive ketones (excluding diaryl/α,β-unsaturated/α-hetero) is 1. The van der Waals surface area contributed by atoms with E-state index in [9.17, 15) is 9.59 Å². The van der Waals surface area contributed by atoms with Gasteiger partial charge in [0.05, 0.1) is 13.3 Å². The molecule has 2 aromatic heterocycles. The summed E-state index contributed by atoms with van der Waals surface area (Å²) in [6.07, 6.45) is 5.45. The van der Waals surface area contributed by atoms with Crippen LogP contribution in [-0.2, 0) is 11.3 Å². The maximum absolute atomic E-state index is 13.1. The van der Waals surface area contributed by atoms with Gasteiger partial charge in [0.25, 0.3) is 0 Å². The number of carbonyl (C=O) groups is 2. The topological polar surface area (TPSA) is 90.2 Å². The molecule has 0 fully saturated rings. The van der Waals surface area contributed by atoms with Crippen molar-refractivity contribution >= 4 is 22.9 Å². The van der Waals surface area contributed by atoms with Crippen molar-refractivity contribution in [2.45, 2.75) is 66.8 Å². The Balaban J connectivity index is 2.47. The second-order valence-corrected chi connectivity index (χ2v) is 8.25. The first-order valence-corrected chi connectivity index (χ1v) is 10.3. The summed E-state index contributed by atoms with van der Waals surface area (Å²) in [6.45, 7) is 11.2. The number of hydrogen-bond acceptors (Lipinski definition) is 6. The lowest BCUT2D eigenvalue weighted by atomic mass is 9.90. The van der Waals surface area contributed by atoms with Crippen molar-refractivity contribution < 1.29 is 14.3 Å². The van der Waals surface area contributed by atoms with Crippen LogP contribution in [0.1, 0.15) is 70.9 Å². The van der Waals surface area contributed by atoms with Gasteiger partial charge in [-0.2, -0.15) is 4.98 Å². The molecule has 0 aliphatic rings. The van der Waals surface area contributed by atoms with Crippen LogP contribution < -0.4 is 4.74 Å². The van der Waals surface area contributed by atoms with E-state index in [-0.39, 0.29) is 30.1 Å². The number of imidazole rings is 1. The van der Waals surface area contributed by atoms with E-state index in [1.165, 1.54) is 13.3 Å². The van der Waals surface area contributed by atoms with Gasteiger partial charge in [-0.25, -0.2) is 9.97 Å². The number of aromatic nitrogens is 4. The van der Waals surface area contributed by atoms with Crippen LogP contribution in [0, 0.1) is 5.41 Å². The predicted molar refractivity (Wildman–Crippen MR) is 112 cm³/mol. The molecule has 0 atom stereocenters. The highest BCUT2D eigenvalue weighted by Crippen LogP contribution is 2.24. The number of ether oxygens (including phenoxy) is 1. The largest absolute Gasteiger partial charge is 0.467 e. The van der Waals surface area contributed by atoms with E-state index in [0.717, 1.165) is 25.7 Å². The van der Waals surface area contributed by atoms with Crippen molar-refractivity contribution in [2.24, 2.45) is 5.41 Å². The molecule has 0 N–H and O–H groups in total. The standard InChI is InChI=1S/C21H33N5O3/c1-7-9-11-25(12-10-8-2)16(27)14-26-18-15(13-22-20(24-18)29-6)23-19(26)17(28)21(3,4)5/h13H,7-12,14H2,1-6H3. The van der Waals surface area contributed by atoms with Gasteiger partial charge >= 0.3 is 6.01 Å². The van der Waals surface area contributed by atoms with Crippen LogP contribution in [0.15, 0.2) is 6.20 Å². The molecule has 0 aliphatic heterocycles. The normalized spacial score (nSPS) is 11.7. The number of hydrogen-bond donors (Lipinski definition) is 0. The molecule has 0 saturated carbocycles. The highest BCUT2D eigenvalue weighted by molar-refractivity contribution is 5.99. The van der Waals surface area contributed by atoms with E-state index in [4.69, 9.17) is 4.74 Å². The lowest BCUT2D eigenvalue weighted by molar-refractivity contribution is -0.132. The Morgan fingerprint density at radius 3 is 2.24 bits per heavy atom. The number of fused-ring (bicyclic) bond motifs is 1. The molecule has 2 heterocycles. The number of methoxy groups -OCH3 is 1. The Morgan fingerprint density at radius 2 is 1.72 bits per heavy atom. The Morgan fingerprint density at radius 1 is 1.10 bits per heavy atom. The number of carbonyl (C=O) groups excluding carboxylic acids is 2. The first-order chi connectivity index (χ1) is 13.7. The predicted octanol–water partition coefficient (Wildman–Crippen LogP) is 3.49. The van der Waals surface area contributed by atoms with Gasteiger partial charge in [-0.05, 0) is 12.8 Å². The lowest BCUT2D eigenvalue weighted by Crippen LogP contribution is -2.36. The van der Waals surface area contributed by atoms with Gasteiger partial charge in [0.2, 0.25) is 11.7 Å². The fourth-order valence-electron chi connectivity index (χ4n) is 2.95. The molecule has 8 nitrogen and oxygen atoms in total. The van der Waals surface area contributed by atoms with E-state index in [2.05, 4.69) is 28.8 Å². The molecule has 0 radical (unpaired) electrons. The van der Waals surface area contributed by atoms with Crippen LogP contribution in [0.3, 0.4) is 0 Å². The van der Waals surface area contributed by atoms with E-state index in [1.54, 1.807) is 4.57 Å². The van der Waals surface area contributed by atoms with Crippen LogP contribution in [0.25, 0.3) is 11.2 Å². The minimum absolute atomic E-state index is 0.0151. The van der Waals surface area contributed by atoms with E-state index < -0.39 is 5.41 Å². The second kappa shape index (κ2) is 9.80. The molecule has 29 heavy (non-hydrogen) atoms. The third-order valence-electron chi connectivity index (χ3n) is 4.74. The van der Waals surface area contributed by atoms with Crippen LogP contribution in [0.2, 0.25) is 0 Å². The SMILES string of the molecule is CCCCN(CCCC)C(=O)Cn1c(C(=O)C(C)(C)C)nc2cnc(OC)nc21. The third kappa shape index (κ3) is 5.52. The summed E-state index contributed by atoms with van der Waals surface area (Å²) in [5, 5.41) is 0. The highest BCUT2D eigenvalue weighted by Gasteiger charge is 2.30. The molecule has 0 aliphatic carbocycles. The minimum atomic E-state index is -0.635. The molecule has 0 unspecified atom stereocenters. The molecule has 2 rings (SSSR count). The summed E-state index contributed by atoms with van der Waals surface area (Å²) < 4.78 is 6.74. The fraction of sp³-hybridized carbons (Fsp3) is 0.667. The average Bonchev–Trinajstić information content (AvgIpc) is 3.03. The number of amides is 1. The smallest absolute Gasteiger partial charge is 0.318 e. The van der Waals surface area contributed by atoms with Crippen LogP contribution >= 0.6 is 0 Å². The molecule has 160 valence electrons. The number of unbranched alkanes of at least 4 members (excludes halogenated alkanes) is 2. The van der Waals surface area contributed by atoms with Gasteiger partial charge in [-0.1, -0.05) is 47.5 Å². The van der Waals surface area contributed by atoms with Gasteiger partial charge < -0.3 is 9.64 Å². The zero-order chi connectivity index (χ0) is 21.6. The number of rotatable bonds is 10. The quantitative estimate of drug-likeness (QED) is 0.564. The maximum Gasteiger partial charge on any atom is 0.318 e. The summed E-state index contributed by atoms with van der Waals surface area (Å²) in [5.41, 5.74) is 0.271. The Labute approximate surface area is 172 Å². The minimum Gasteiger partial charge on any atom is -0.467 e. The highest BCUT2D eigenvalue weighted by atomic mass is 16.5. The molecular weight excluding hydrogens is 370 g/mol. The van der Waals surface area contributed by atoms with Crippen molar-refractivity contribution in [3.63, 3.8) is 0 Å². The molecule has 2 aromatic rings. The number of nitrogens with zero attached hydrogens (tertiary/aromatic N) is 5.